The molecule has 2 aromatic rings. The second-order valence-electron chi connectivity index (χ2n) is 9.65. The van der Waals surface area contributed by atoms with Crippen molar-refractivity contribution < 1.29 is 18.8 Å². The van der Waals surface area contributed by atoms with Crippen LogP contribution in [0.2, 0.25) is 0 Å². The Morgan fingerprint density at radius 1 is 1.14 bits per heavy atom. The number of aromatic nitrogens is 2. The lowest BCUT2D eigenvalue weighted by atomic mass is 9.83. The third kappa shape index (κ3) is 7.13. The first-order chi connectivity index (χ1) is 16.8. The van der Waals surface area contributed by atoms with Crippen LogP contribution < -0.4 is 16.4 Å². The number of rotatable bonds is 11. The average Bonchev–Trinajstić information content (AvgIpc) is 3.21. The Bertz CT molecular complexity index is 1060. The first-order valence-corrected chi connectivity index (χ1v) is 12.6. The van der Waals surface area contributed by atoms with E-state index < -0.39 is 23.5 Å². The Hall–Kier alpha value is -3.23. The van der Waals surface area contributed by atoms with E-state index in [-0.39, 0.29) is 29.7 Å². The molecule has 1 aromatic heterocycles. The molecule has 1 unspecified atom stereocenters. The van der Waals surface area contributed by atoms with Crippen LogP contribution >= 0.6 is 0 Å². The molecule has 2 amide bonds. The Balaban J connectivity index is 1.73. The molecular weight excluding hydrogens is 448 g/mol. The van der Waals surface area contributed by atoms with Gasteiger partial charge in [-0.3, -0.25) is 14.4 Å². The number of Topliss-reactive ketones (excluding diaryl/α,β-unsaturated/α-hetero) is 1. The molecule has 0 radical (unpaired) electrons. The highest BCUT2D eigenvalue weighted by molar-refractivity contribution is 5.99. The molecule has 1 heterocycles. The first kappa shape index (κ1) is 26.4. The SMILES string of the molecule is CCCCC(NC(=O)[C@@H]1CCCC[C@@H]1NC(=O)c1ccccc1)C(=O)c1nn(CC(C)C)c(=O)o1. The van der Waals surface area contributed by atoms with Gasteiger partial charge in [0.25, 0.3) is 11.8 Å². The zero-order valence-corrected chi connectivity index (χ0v) is 20.8. The van der Waals surface area contributed by atoms with Gasteiger partial charge in [-0.25, -0.2) is 4.79 Å². The summed E-state index contributed by atoms with van der Waals surface area (Å²) >= 11 is 0. The van der Waals surface area contributed by atoms with Gasteiger partial charge in [0.15, 0.2) is 0 Å². The van der Waals surface area contributed by atoms with Gasteiger partial charge in [0, 0.05) is 11.6 Å². The number of benzene rings is 1. The van der Waals surface area contributed by atoms with E-state index in [2.05, 4.69) is 15.7 Å². The molecular formula is C26H36N4O5. The van der Waals surface area contributed by atoms with Gasteiger partial charge in [-0.1, -0.05) is 64.7 Å². The largest absolute Gasteiger partial charge is 0.437 e. The highest BCUT2D eigenvalue weighted by Gasteiger charge is 2.35. The number of carbonyl (C=O) groups is 3. The van der Waals surface area contributed by atoms with Gasteiger partial charge >= 0.3 is 5.76 Å². The predicted molar refractivity (Wildman–Crippen MR) is 131 cm³/mol. The molecule has 2 N–H and O–H groups in total. The molecule has 3 rings (SSSR count). The summed E-state index contributed by atoms with van der Waals surface area (Å²) < 4.78 is 6.27. The molecule has 9 heteroatoms. The number of nitrogens with zero attached hydrogens (tertiary/aromatic N) is 2. The lowest BCUT2D eigenvalue weighted by molar-refractivity contribution is -0.127. The van der Waals surface area contributed by atoms with Gasteiger partial charge in [-0.05, 0) is 37.3 Å². The van der Waals surface area contributed by atoms with E-state index in [1.807, 2.05) is 26.8 Å². The van der Waals surface area contributed by atoms with Crippen LogP contribution in [0.25, 0.3) is 0 Å². The van der Waals surface area contributed by atoms with Crippen molar-refractivity contribution in [3.05, 3.63) is 52.3 Å². The van der Waals surface area contributed by atoms with Crippen LogP contribution in [0, 0.1) is 11.8 Å². The highest BCUT2D eigenvalue weighted by atomic mass is 16.4. The molecule has 1 aliphatic carbocycles. The van der Waals surface area contributed by atoms with Crippen LogP contribution in [-0.4, -0.2) is 39.5 Å². The van der Waals surface area contributed by atoms with Crippen molar-refractivity contribution in [2.45, 2.75) is 84.3 Å². The van der Waals surface area contributed by atoms with E-state index in [9.17, 15) is 19.2 Å². The fourth-order valence-corrected chi connectivity index (χ4v) is 4.43. The summed E-state index contributed by atoms with van der Waals surface area (Å²) in [4.78, 5) is 51.3. The average molecular weight is 485 g/mol. The summed E-state index contributed by atoms with van der Waals surface area (Å²) in [5, 5.41) is 9.96. The van der Waals surface area contributed by atoms with Gasteiger partial charge in [0.05, 0.1) is 18.5 Å². The van der Waals surface area contributed by atoms with Crippen LogP contribution in [-0.2, 0) is 11.3 Å². The van der Waals surface area contributed by atoms with Crippen LogP contribution in [0.3, 0.4) is 0 Å². The van der Waals surface area contributed by atoms with Gasteiger partial charge in [-0.15, -0.1) is 5.10 Å². The van der Waals surface area contributed by atoms with Crippen molar-refractivity contribution in [1.29, 1.82) is 0 Å². The third-order valence-electron chi connectivity index (χ3n) is 6.29. The highest BCUT2D eigenvalue weighted by Crippen LogP contribution is 2.25. The van der Waals surface area contributed by atoms with Crippen molar-refractivity contribution >= 4 is 17.6 Å². The van der Waals surface area contributed by atoms with Crippen LogP contribution in [0.1, 0.15) is 86.8 Å². The van der Waals surface area contributed by atoms with Crippen molar-refractivity contribution in [2.24, 2.45) is 11.8 Å². The van der Waals surface area contributed by atoms with E-state index in [4.69, 9.17) is 4.42 Å². The van der Waals surface area contributed by atoms with E-state index in [0.717, 1.165) is 23.9 Å². The molecule has 0 spiro atoms. The summed E-state index contributed by atoms with van der Waals surface area (Å²) in [5.74, 6) is -2.25. The van der Waals surface area contributed by atoms with Gasteiger partial charge in [0.2, 0.25) is 11.7 Å². The van der Waals surface area contributed by atoms with Gasteiger partial charge in [0.1, 0.15) is 0 Å². The number of unbranched alkanes of at least 4 members (excludes halogenated alkanes) is 1. The first-order valence-electron chi connectivity index (χ1n) is 12.6. The van der Waals surface area contributed by atoms with E-state index in [1.165, 1.54) is 0 Å². The van der Waals surface area contributed by atoms with Crippen LogP contribution in [0.15, 0.2) is 39.5 Å². The Morgan fingerprint density at radius 3 is 2.54 bits per heavy atom. The van der Waals surface area contributed by atoms with Gasteiger partial charge in [-0.2, -0.15) is 4.68 Å². The zero-order chi connectivity index (χ0) is 25.4. The second kappa shape index (κ2) is 12.5. The molecule has 9 nitrogen and oxygen atoms in total. The fraction of sp³-hybridized carbons (Fsp3) is 0.577. The Kier molecular flexibility index (Phi) is 9.39. The third-order valence-corrected chi connectivity index (χ3v) is 6.29. The van der Waals surface area contributed by atoms with Crippen molar-refractivity contribution in [2.75, 3.05) is 0 Å². The molecule has 190 valence electrons. The molecule has 0 saturated heterocycles. The standard InChI is InChI=1S/C26H36N4O5/c1-4-5-14-21(22(31)25-29-30(16-17(2)3)26(34)35-25)28-24(33)19-13-9-10-15-20(19)27-23(32)18-11-7-6-8-12-18/h6-8,11-12,17,19-21H,4-5,9-10,13-16H2,1-3H3,(H,27,32)(H,28,33)/t19-,20+,21?/m1/s1. The second-order valence-corrected chi connectivity index (χ2v) is 9.65. The topological polar surface area (TPSA) is 123 Å². The number of hydrogen-bond donors (Lipinski definition) is 2. The maximum Gasteiger partial charge on any atom is 0.437 e. The van der Waals surface area contributed by atoms with Crippen molar-refractivity contribution in [1.82, 2.24) is 20.4 Å². The summed E-state index contributed by atoms with van der Waals surface area (Å²) in [6.07, 6.45) is 5.07. The van der Waals surface area contributed by atoms with Gasteiger partial charge < -0.3 is 15.1 Å². The monoisotopic (exact) mass is 484 g/mol. The molecule has 35 heavy (non-hydrogen) atoms. The van der Waals surface area contributed by atoms with Crippen molar-refractivity contribution in [3.63, 3.8) is 0 Å². The number of hydrogen-bond acceptors (Lipinski definition) is 6. The number of nitrogens with one attached hydrogen (secondary N) is 2. The molecule has 1 aromatic carbocycles. The Labute approximate surface area is 205 Å². The lowest BCUT2D eigenvalue weighted by Crippen LogP contribution is -2.51. The van der Waals surface area contributed by atoms with E-state index in [0.29, 0.717) is 37.8 Å². The summed E-state index contributed by atoms with van der Waals surface area (Å²) in [7, 11) is 0. The zero-order valence-electron chi connectivity index (χ0n) is 20.8. The summed E-state index contributed by atoms with van der Waals surface area (Å²) in [6, 6.07) is 7.74. The maximum atomic E-state index is 13.3. The molecule has 3 atom stereocenters. The minimum absolute atomic E-state index is 0.158. The quantitative estimate of drug-likeness (QED) is 0.472. The minimum atomic E-state index is -0.847. The normalized spacial score (nSPS) is 18.7. The van der Waals surface area contributed by atoms with Crippen LogP contribution in [0.5, 0.6) is 0 Å². The number of carbonyl (C=O) groups excluding carboxylic acids is 3. The molecule has 0 aliphatic heterocycles. The molecule has 1 fully saturated rings. The summed E-state index contributed by atoms with van der Waals surface area (Å²) in [5.41, 5.74) is 0.542. The van der Waals surface area contributed by atoms with Crippen molar-refractivity contribution in [3.8, 4) is 0 Å². The maximum absolute atomic E-state index is 13.3. The summed E-state index contributed by atoms with van der Waals surface area (Å²) in [6.45, 7) is 6.21. The molecule has 1 aliphatic rings. The Morgan fingerprint density at radius 2 is 1.86 bits per heavy atom. The minimum Gasteiger partial charge on any atom is -0.384 e. The fourth-order valence-electron chi connectivity index (χ4n) is 4.43. The molecule has 0 bridgehead atoms. The number of ketones is 1. The van der Waals surface area contributed by atoms with Crippen LogP contribution in [0.4, 0.5) is 0 Å². The van der Waals surface area contributed by atoms with E-state index >= 15 is 0 Å². The lowest BCUT2D eigenvalue weighted by Gasteiger charge is -2.32. The number of amides is 2. The van der Waals surface area contributed by atoms with E-state index in [1.54, 1.807) is 24.3 Å². The smallest absolute Gasteiger partial charge is 0.384 e. The predicted octanol–water partition coefficient (Wildman–Crippen LogP) is 3.34. The molecule has 1 saturated carbocycles.